The molecule has 5 rings (SSSR count). The lowest BCUT2D eigenvalue weighted by Crippen LogP contribution is -2.51. The molecule has 1 aromatic heterocycles. The van der Waals surface area contributed by atoms with Gasteiger partial charge in [-0.25, -0.2) is 0 Å². The number of benzene rings is 1. The summed E-state index contributed by atoms with van der Waals surface area (Å²) in [6.07, 6.45) is 4.76. The molecule has 36 heavy (non-hydrogen) atoms. The zero-order chi connectivity index (χ0) is 25.1. The van der Waals surface area contributed by atoms with Crippen molar-refractivity contribution in [2.45, 2.75) is 57.7 Å². The van der Waals surface area contributed by atoms with Crippen LogP contribution in [0.25, 0.3) is 0 Å². The maximum Gasteiger partial charge on any atom is 0.318 e. The predicted molar refractivity (Wildman–Crippen MR) is 143 cm³/mol. The summed E-state index contributed by atoms with van der Waals surface area (Å²) in [5.74, 6) is 0.976. The Morgan fingerprint density at radius 3 is 2.89 bits per heavy atom. The van der Waals surface area contributed by atoms with Crippen molar-refractivity contribution in [1.29, 1.82) is 5.26 Å². The van der Waals surface area contributed by atoms with Crippen LogP contribution in [0.2, 0.25) is 5.02 Å². The Hall–Kier alpha value is -2.60. The Kier molecular flexibility index (Phi) is 7.80. The van der Waals surface area contributed by atoms with Crippen LogP contribution < -0.4 is 19.9 Å². The van der Waals surface area contributed by atoms with Crippen molar-refractivity contribution >= 4 is 23.1 Å². The van der Waals surface area contributed by atoms with E-state index in [-0.39, 0.29) is 6.04 Å². The average Bonchev–Trinajstić information content (AvgIpc) is 3.17. The second-order valence-electron chi connectivity index (χ2n) is 10.2. The number of rotatable bonds is 6. The molecular weight excluding hydrogens is 474 g/mol. The van der Waals surface area contributed by atoms with Gasteiger partial charge in [0, 0.05) is 54.5 Å². The number of hydrogen-bond donors (Lipinski definition) is 1. The molecule has 0 saturated carbocycles. The number of likely N-dealkylation sites (N-methyl/N-ethyl adjacent to an activating group) is 1. The van der Waals surface area contributed by atoms with Crippen molar-refractivity contribution in [3.8, 4) is 12.1 Å². The van der Waals surface area contributed by atoms with Crippen LogP contribution in [0.15, 0.2) is 18.2 Å². The van der Waals surface area contributed by atoms with Gasteiger partial charge in [0.15, 0.2) is 0 Å². The van der Waals surface area contributed by atoms with E-state index in [2.05, 4.69) is 46.1 Å². The number of nitriles is 1. The lowest BCUT2D eigenvalue weighted by molar-refractivity contribution is 0.187. The van der Waals surface area contributed by atoms with Gasteiger partial charge < -0.3 is 24.8 Å². The summed E-state index contributed by atoms with van der Waals surface area (Å²) in [6, 6.07) is 9.43. The van der Waals surface area contributed by atoms with E-state index < -0.39 is 0 Å². The highest BCUT2D eigenvalue weighted by molar-refractivity contribution is 6.31. The molecule has 4 heterocycles. The van der Waals surface area contributed by atoms with Crippen molar-refractivity contribution in [1.82, 2.24) is 20.2 Å². The lowest BCUT2D eigenvalue weighted by Gasteiger charge is -2.35. The van der Waals surface area contributed by atoms with Crippen LogP contribution in [0.3, 0.4) is 0 Å². The molecule has 3 aliphatic rings. The quantitative estimate of drug-likeness (QED) is 0.633. The molecule has 2 aromatic rings. The number of fused-ring (bicyclic) bond motifs is 1. The van der Waals surface area contributed by atoms with Gasteiger partial charge in [-0.2, -0.15) is 15.2 Å². The third kappa shape index (κ3) is 5.39. The first kappa shape index (κ1) is 25.1. The number of nitrogens with one attached hydrogen (secondary N) is 1. The maximum atomic E-state index is 9.25. The van der Waals surface area contributed by atoms with E-state index in [9.17, 15) is 5.26 Å². The van der Waals surface area contributed by atoms with Crippen molar-refractivity contribution in [2.75, 3.05) is 56.2 Å². The SMILES string of the molecule is Cc1c(Cl)cccc1N1CCCc2c(nc(OC[C@@H]3CCCN3C)nc2N2CCNC(CC#N)C2)C1. The summed E-state index contributed by atoms with van der Waals surface area (Å²) in [4.78, 5) is 17.0. The van der Waals surface area contributed by atoms with Crippen LogP contribution in [0.4, 0.5) is 11.5 Å². The van der Waals surface area contributed by atoms with Gasteiger partial charge in [0.2, 0.25) is 0 Å². The first-order chi connectivity index (χ1) is 17.5. The molecule has 0 amide bonds. The van der Waals surface area contributed by atoms with Gasteiger partial charge >= 0.3 is 6.01 Å². The second-order valence-corrected chi connectivity index (χ2v) is 10.6. The van der Waals surface area contributed by atoms with Gasteiger partial charge in [0.05, 0.1) is 24.7 Å². The van der Waals surface area contributed by atoms with E-state index in [0.717, 1.165) is 79.8 Å². The first-order valence-corrected chi connectivity index (χ1v) is 13.5. The standard InChI is InChI=1S/C27H36ClN7O/c1-19-23(28)8-3-9-25(19)34-14-5-7-22-24(17-34)31-27(36-18-21-6-4-13-33(21)2)32-26(22)35-15-12-30-20(16-35)10-11-29/h3,8-9,20-21,30H,4-7,10,12-18H2,1-2H3/t20?,21-/m0/s1. The van der Waals surface area contributed by atoms with E-state index in [0.29, 0.717) is 31.6 Å². The highest BCUT2D eigenvalue weighted by atomic mass is 35.5. The van der Waals surface area contributed by atoms with E-state index in [4.69, 9.17) is 26.3 Å². The lowest BCUT2D eigenvalue weighted by atomic mass is 10.1. The molecule has 1 N–H and O–H groups in total. The minimum atomic E-state index is 0.141. The number of hydrogen-bond acceptors (Lipinski definition) is 8. The van der Waals surface area contributed by atoms with Crippen LogP contribution in [0, 0.1) is 18.3 Å². The molecule has 0 bridgehead atoms. The van der Waals surface area contributed by atoms with Gasteiger partial charge in [-0.1, -0.05) is 17.7 Å². The smallest absolute Gasteiger partial charge is 0.318 e. The average molecular weight is 510 g/mol. The molecule has 9 heteroatoms. The second kappa shape index (κ2) is 11.2. The fourth-order valence-corrected chi connectivity index (χ4v) is 5.85. The summed E-state index contributed by atoms with van der Waals surface area (Å²) >= 11 is 6.47. The van der Waals surface area contributed by atoms with E-state index in [1.54, 1.807) is 0 Å². The van der Waals surface area contributed by atoms with Crippen LogP contribution in [-0.4, -0.2) is 73.3 Å². The summed E-state index contributed by atoms with van der Waals surface area (Å²) < 4.78 is 6.26. The molecule has 3 aliphatic heterocycles. The Bertz CT molecular complexity index is 1120. The van der Waals surface area contributed by atoms with Crippen LogP contribution in [-0.2, 0) is 13.0 Å². The van der Waals surface area contributed by atoms with Crippen molar-refractivity contribution in [3.63, 3.8) is 0 Å². The topological polar surface area (TPSA) is 80.6 Å². The number of aromatic nitrogens is 2. The van der Waals surface area contributed by atoms with Gasteiger partial charge in [0.1, 0.15) is 12.4 Å². The molecule has 2 fully saturated rings. The first-order valence-electron chi connectivity index (χ1n) is 13.1. The fraction of sp³-hybridized carbons (Fsp3) is 0.593. The van der Waals surface area contributed by atoms with Crippen molar-refractivity contribution in [2.24, 2.45) is 0 Å². The summed E-state index contributed by atoms with van der Waals surface area (Å²) in [7, 11) is 2.16. The van der Waals surface area contributed by atoms with E-state index in [1.165, 1.54) is 12.0 Å². The summed E-state index contributed by atoms with van der Waals surface area (Å²) in [5.41, 5.74) is 4.49. The van der Waals surface area contributed by atoms with E-state index >= 15 is 0 Å². The Morgan fingerprint density at radius 1 is 1.19 bits per heavy atom. The van der Waals surface area contributed by atoms with Gasteiger partial charge in [0.25, 0.3) is 0 Å². The number of piperazine rings is 1. The molecule has 2 saturated heterocycles. The van der Waals surface area contributed by atoms with Crippen molar-refractivity contribution in [3.05, 3.63) is 40.0 Å². The molecule has 192 valence electrons. The fourth-order valence-electron chi connectivity index (χ4n) is 5.68. The predicted octanol–water partition coefficient (Wildman–Crippen LogP) is 3.56. The molecule has 1 aromatic carbocycles. The monoisotopic (exact) mass is 509 g/mol. The van der Waals surface area contributed by atoms with Gasteiger partial charge in [-0.15, -0.1) is 0 Å². The Balaban J connectivity index is 1.47. The molecular formula is C27H36ClN7O. The van der Waals surface area contributed by atoms with Crippen LogP contribution in [0.5, 0.6) is 6.01 Å². The number of halogens is 1. The highest BCUT2D eigenvalue weighted by Crippen LogP contribution is 2.33. The Labute approximate surface area is 219 Å². The zero-order valence-electron chi connectivity index (χ0n) is 21.3. The minimum Gasteiger partial charge on any atom is -0.462 e. The third-order valence-electron chi connectivity index (χ3n) is 7.79. The van der Waals surface area contributed by atoms with Crippen molar-refractivity contribution < 1.29 is 4.74 Å². The molecule has 0 spiro atoms. The molecule has 0 aliphatic carbocycles. The zero-order valence-corrected chi connectivity index (χ0v) is 22.1. The molecule has 2 atom stereocenters. The number of likely N-dealkylation sites (tertiary alicyclic amines) is 1. The molecule has 1 unspecified atom stereocenters. The normalized spacial score (nSPS) is 22.7. The van der Waals surface area contributed by atoms with Crippen LogP contribution >= 0.6 is 11.6 Å². The summed E-state index contributed by atoms with van der Waals surface area (Å²) in [6.45, 7) is 7.87. The third-order valence-corrected chi connectivity index (χ3v) is 8.20. The minimum absolute atomic E-state index is 0.141. The largest absolute Gasteiger partial charge is 0.462 e. The number of ether oxygens (including phenoxy) is 1. The van der Waals surface area contributed by atoms with Gasteiger partial charge in [-0.3, -0.25) is 0 Å². The van der Waals surface area contributed by atoms with Gasteiger partial charge in [-0.05, 0) is 63.9 Å². The molecule has 8 nitrogen and oxygen atoms in total. The Morgan fingerprint density at radius 2 is 2.08 bits per heavy atom. The maximum absolute atomic E-state index is 9.25. The summed E-state index contributed by atoms with van der Waals surface area (Å²) in [5, 5.41) is 13.5. The number of nitrogens with zero attached hydrogens (tertiary/aromatic N) is 6. The number of anilines is 2. The van der Waals surface area contributed by atoms with E-state index in [1.807, 2.05) is 12.1 Å². The molecule has 0 radical (unpaired) electrons. The van der Waals surface area contributed by atoms with Crippen LogP contribution in [0.1, 0.15) is 42.5 Å². The highest BCUT2D eigenvalue weighted by Gasteiger charge is 2.29.